The summed E-state index contributed by atoms with van der Waals surface area (Å²) in [5.74, 6) is 0.0644. The minimum atomic E-state index is -0.762. The third-order valence-electron chi connectivity index (χ3n) is 14.7. The first-order valence-corrected chi connectivity index (χ1v) is 30.9. The summed E-state index contributed by atoms with van der Waals surface area (Å²) in [4.78, 5) is 38.2. The molecule has 404 valence electrons. The number of hydrogen-bond acceptors (Lipinski definition) is 6. The fraction of sp³-hybridized carbons (Fsp3) is 0.952. The molecule has 0 aliphatic rings. The van der Waals surface area contributed by atoms with Gasteiger partial charge in [0.2, 0.25) is 0 Å². The zero-order chi connectivity index (χ0) is 49.5. The molecule has 0 heterocycles. The number of hydrogen-bond donors (Lipinski definition) is 0. The molecule has 0 spiro atoms. The molecule has 0 aliphatic heterocycles. The molecule has 0 N–H and O–H groups in total. The summed E-state index contributed by atoms with van der Waals surface area (Å²) in [5.41, 5.74) is 0. The van der Waals surface area contributed by atoms with E-state index in [0.29, 0.717) is 19.3 Å². The second-order valence-electron chi connectivity index (χ2n) is 21.6. The number of rotatable bonds is 57. The van der Waals surface area contributed by atoms with Gasteiger partial charge in [0, 0.05) is 19.3 Å². The van der Waals surface area contributed by atoms with Crippen LogP contribution in [0.3, 0.4) is 0 Å². The Bertz CT molecular complexity index is 1030. The number of esters is 3. The highest BCUT2D eigenvalue weighted by Crippen LogP contribution is 2.19. The molecule has 0 bridgehead atoms. The summed E-state index contributed by atoms with van der Waals surface area (Å²) in [6.07, 6.45) is 62.3. The summed E-state index contributed by atoms with van der Waals surface area (Å²) in [5, 5.41) is 0. The van der Waals surface area contributed by atoms with E-state index < -0.39 is 6.10 Å². The van der Waals surface area contributed by atoms with Crippen molar-refractivity contribution >= 4 is 17.9 Å². The minimum Gasteiger partial charge on any atom is -0.462 e. The Morgan fingerprint density at radius 2 is 0.515 bits per heavy atom. The van der Waals surface area contributed by atoms with E-state index in [1.807, 2.05) is 0 Å². The van der Waals surface area contributed by atoms with Crippen molar-refractivity contribution in [3.63, 3.8) is 0 Å². The summed E-state index contributed by atoms with van der Waals surface area (Å²) in [6.45, 7) is 9.11. The largest absolute Gasteiger partial charge is 0.462 e. The molecule has 0 saturated carbocycles. The Morgan fingerprint density at radius 3 is 0.765 bits per heavy atom. The van der Waals surface area contributed by atoms with Gasteiger partial charge < -0.3 is 14.2 Å². The topological polar surface area (TPSA) is 78.9 Å². The quantitative estimate of drug-likeness (QED) is 0.0343. The van der Waals surface area contributed by atoms with Gasteiger partial charge in [-0.1, -0.05) is 317 Å². The number of ether oxygens (including phenoxy) is 3. The molecule has 0 radical (unpaired) electrons. The normalized spacial score (nSPS) is 12.4. The van der Waals surface area contributed by atoms with Crippen LogP contribution in [0.5, 0.6) is 0 Å². The first kappa shape index (κ1) is 66.4. The highest BCUT2D eigenvalue weighted by molar-refractivity contribution is 5.71. The van der Waals surface area contributed by atoms with Gasteiger partial charge in [0.1, 0.15) is 13.2 Å². The van der Waals surface area contributed by atoms with Crippen molar-refractivity contribution in [1.29, 1.82) is 0 Å². The molecular weight excluding hydrogens is 841 g/mol. The predicted octanol–water partition coefficient (Wildman–Crippen LogP) is 20.6. The summed E-state index contributed by atoms with van der Waals surface area (Å²) < 4.78 is 16.9. The standard InChI is InChI=1S/C62H120O6/c1-5-8-10-12-14-16-18-20-22-23-24-25-30-34-38-42-46-50-54-61(64)67-57-59(56-66-60(63)53-49-45-41-37-33-29-21-19-17-15-13-11-9-6-2)68-62(65)55-51-47-43-39-35-31-27-26-28-32-36-40-44-48-52-58(4)7-3/h58-59H,5-57H2,1-4H3/t58?,59-/m0/s1. The van der Waals surface area contributed by atoms with Crippen LogP contribution in [-0.4, -0.2) is 37.2 Å². The van der Waals surface area contributed by atoms with Crippen LogP contribution in [0.4, 0.5) is 0 Å². The Kier molecular flexibility index (Phi) is 55.0. The minimum absolute atomic E-state index is 0.0614. The van der Waals surface area contributed by atoms with Gasteiger partial charge in [0.05, 0.1) is 0 Å². The van der Waals surface area contributed by atoms with E-state index >= 15 is 0 Å². The molecule has 0 rings (SSSR count). The second kappa shape index (κ2) is 56.3. The zero-order valence-electron chi connectivity index (χ0n) is 46.6. The third-order valence-corrected chi connectivity index (χ3v) is 14.7. The smallest absolute Gasteiger partial charge is 0.306 e. The van der Waals surface area contributed by atoms with Gasteiger partial charge in [-0.15, -0.1) is 0 Å². The molecule has 0 amide bonds. The van der Waals surface area contributed by atoms with Crippen LogP contribution in [0, 0.1) is 5.92 Å². The van der Waals surface area contributed by atoms with Crippen LogP contribution < -0.4 is 0 Å². The van der Waals surface area contributed by atoms with Crippen molar-refractivity contribution < 1.29 is 28.6 Å². The fourth-order valence-electron chi connectivity index (χ4n) is 9.60. The van der Waals surface area contributed by atoms with Crippen molar-refractivity contribution in [3.05, 3.63) is 0 Å². The van der Waals surface area contributed by atoms with Gasteiger partial charge in [0.15, 0.2) is 6.10 Å². The molecule has 0 aliphatic carbocycles. The van der Waals surface area contributed by atoms with Crippen LogP contribution in [0.2, 0.25) is 0 Å². The zero-order valence-corrected chi connectivity index (χ0v) is 46.6. The van der Waals surface area contributed by atoms with E-state index in [2.05, 4.69) is 27.7 Å². The van der Waals surface area contributed by atoms with E-state index in [1.165, 1.54) is 250 Å². The van der Waals surface area contributed by atoms with Crippen LogP contribution in [0.15, 0.2) is 0 Å². The molecule has 0 aromatic rings. The molecule has 1 unspecified atom stereocenters. The predicted molar refractivity (Wildman–Crippen MR) is 293 cm³/mol. The lowest BCUT2D eigenvalue weighted by molar-refractivity contribution is -0.167. The fourth-order valence-corrected chi connectivity index (χ4v) is 9.60. The van der Waals surface area contributed by atoms with E-state index in [-0.39, 0.29) is 31.1 Å². The van der Waals surface area contributed by atoms with Crippen LogP contribution in [-0.2, 0) is 28.6 Å². The summed E-state index contributed by atoms with van der Waals surface area (Å²) >= 11 is 0. The first-order chi connectivity index (χ1) is 33.4. The van der Waals surface area contributed by atoms with Crippen LogP contribution >= 0.6 is 0 Å². The van der Waals surface area contributed by atoms with Crippen LogP contribution in [0.1, 0.15) is 355 Å². The van der Waals surface area contributed by atoms with E-state index in [1.54, 1.807) is 0 Å². The lowest BCUT2D eigenvalue weighted by Gasteiger charge is -2.18. The van der Waals surface area contributed by atoms with Gasteiger partial charge >= 0.3 is 17.9 Å². The van der Waals surface area contributed by atoms with Crippen molar-refractivity contribution in [2.24, 2.45) is 5.92 Å². The average molecular weight is 962 g/mol. The highest BCUT2D eigenvalue weighted by Gasteiger charge is 2.19. The van der Waals surface area contributed by atoms with Gasteiger partial charge in [0.25, 0.3) is 0 Å². The van der Waals surface area contributed by atoms with Gasteiger partial charge in [-0.05, 0) is 25.2 Å². The molecule has 68 heavy (non-hydrogen) atoms. The molecule has 6 heteroatoms. The third kappa shape index (κ3) is 53.8. The van der Waals surface area contributed by atoms with Gasteiger partial charge in [-0.2, -0.15) is 0 Å². The molecular formula is C62H120O6. The van der Waals surface area contributed by atoms with Crippen molar-refractivity contribution in [1.82, 2.24) is 0 Å². The second-order valence-corrected chi connectivity index (χ2v) is 21.6. The van der Waals surface area contributed by atoms with Crippen molar-refractivity contribution in [2.45, 2.75) is 361 Å². The van der Waals surface area contributed by atoms with Crippen molar-refractivity contribution in [3.8, 4) is 0 Å². The maximum atomic E-state index is 12.9. The van der Waals surface area contributed by atoms with Gasteiger partial charge in [-0.3, -0.25) is 14.4 Å². The summed E-state index contributed by atoms with van der Waals surface area (Å²) in [7, 11) is 0. The van der Waals surface area contributed by atoms with Gasteiger partial charge in [-0.25, -0.2) is 0 Å². The Balaban J connectivity index is 4.28. The molecule has 0 saturated heterocycles. The van der Waals surface area contributed by atoms with Crippen LogP contribution in [0.25, 0.3) is 0 Å². The van der Waals surface area contributed by atoms with E-state index in [9.17, 15) is 14.4 Å². The molecule has 0 aromatic heterocycles. The number of carbonyl (C=O) groups excluding carboxylic acids is 3. The number of unbranched alkanes of at least 4 members (excludes halogenated alkanes) is 43. The SMILES string of the molecule is CCCCCCCCCCCCCCCCCCCCC(=O)OC[C@H](COC(=O)CCCCCCCCCCCCCCCC)OC(=O)CCCCCCCCCCCCCCCCC(C)CC. The molecule has 0 fully saturated rings. The maximum Gasteiger partial charge on any atom is 0.306 e. The molecule has 2 atom stereocenters. The highest BCUT2D eigenvalue weighted by atomic mass is 16.6. The van der Waals surface area contributed by atoms with Crippen molar-refractivity contribution in [2.75, 3.05) is 13.2 Å². The lowest BCUT2D eigenvalue weighted by atomic mass is 9.99. The summed E-state index contributed by atoms with van der Waals surface area (Å²) in [6, 6.07) is 0. The average Bonchev–Trinajstić information content (AvgIpc) is 3.34. The van der Waals surface area contributed by atoms with E-state index in [0.717, 1.165) is 63.7 Å². The monoisotopic (exact) mass is 961 g/mol. The Hall–Kier alpha value is -1.59. The lowest BCUT2D eigenvalue weighted by Crippen LogP contribution is -2.30. The Labute approximate surface area is 425 Å². The first-order valence-electron chi connectivity index (χ1n) is 30.9. The molecule has 6 nitrogen and oxygen atoms in total. The van der Waals surface area contributed by atoms with E-state index in [4.69, 9.17) is 14.2 Å². The Morgan fingerprint density at radius 1 is 0.294 bits per heavy atom. The maximum absolute atomic E-state index is 12.9. The number of carbonyl (C=O) groups is 3. The molecule has 0 aromatic carbocycles.